The largest absolute Gasteiger partial charge is 0.507 e. The molecule has 9 heteroatoms. The minimum atomic E-state index is -2.41. The van der Waals surface area contributed by atoms with E-state index in [0.29, 0.717) is 24.8 Å². The summed E-state index contributed by atoms with van der Waals surface area (Å²) in [7, 11) is 0. The van der Waals surface area contributed by atoms with E-state index in [9.17, 15) is 28.3 Å². The van der Waals surface area contributed by atoms with E-state index in [-0.39, 0.29) is 24.2 Å². The third kappa shape index (κ3) is 8.85. The monoisotopic (exact) mass is 425 g/mol. The smallest absolute Gasteiger partial charge is 0.408 e. The molecule has 0 unspecified atom stereocenters. The van der Waals surface area contributed by atoms with Gasteiger partial charge in [-0.3, -0.25) is 10.1 Å². The molecule has 1 aromatic rings. The zero-order chi connectivity index (χ0) is 22.7. The van der Waals surface area contributed by atoms with E-state index in [4.69, 9.17) is 9.52 Å². The van der Waals surface area contributed by atoms with Crippen LogP contribution in [0.25, 0.3) is 0 Å². The first-order chi connectivity index (χ1) is 14.1. The number of alkyl halides is 2. The highest BCUT2D eigenvalue weighted by molar-refractivity contribution is 6.09. The number of hydrogen-bond acceptors (Lipinski definition) is 5. The summed E-state index contributed by atoms with van der Waals surface area (Å²) in [6.07, 6.45) is 3.45. The number of rotatable bonds is 11. The van der Waals surface area contributed by atoms with Crippen molar-refractivity contribution in [1.82, 2.24) is 5.32 Å². The number of unbranched alkanes of at least 4 members (excludes halogenated alkanes) is 1. The van der Waals surface area contributed by atoms with Crippen LogP contribution in [0.3, 0.4) is 0 Å². The van der Waals surface area contributed by atoms with Crippen LogP contribution in [0.15, 0.2) is 50.9 Å². The van der Waals surface area contributed by atoms with Crippen molar-refractivity contribution in [2.75, 3.05) is 0 Å². The summed E-state index contributed by atoms with van der Waals surface area (Å²) in [6.45, 7) is 3.10. The first-order valence-corrected chi connectivity index (χ1v) is 9.29. The van der Waals surface area contributed by atoms with Gasteiger partial charge < -0.3 is 14.6 Å². The molecule has 0 aromatic carbocycles. The Morgan fingerprint density at radius 1 is 1.27 bits per heavy atom. The molecule has 0 saturated carbocycles. The van der Waals surface area contributed by atoms with E-state index >= 15 is 0 Å². The maximum atomic E-state index is 12.5. The van der Waals surface area contributed by atoms with Gasteiger partial charge in [0.2, 0.25) is 6.43 Å². The molecule has 0 radical (unpaired) electrons. The van der Waals surface area contributed by atoms with Crippen LogP contribution in [-0.2, 0) is 6.42 Å². The second-order valence-corrected chi connectivity index (χ2v) is 6.63. The normalized spacial score (nSPS) is 12.6. The summed E-state index contributed by atoms with van der Waals surface area (Å²) in [5, 5.41) is 20.6. The Labute approximate surface area is 172 Å². The van der Waals surface area contributed by atoms with Gasteiger partial charge in [0.05, 0.1) is 0 Å². The fourth-order valence-corrected chi connectivity index (χ4v) is 2.43. The lowest BCUT2D eigenvalue weighted by molar-refractivity contribution is 0.102. The highest BCUT2D eigenvalue weighted by atomic mass is 19.3. The van der Waals surface area contributed by atoms with Crippen molar-refractivity contribution in [3.63, 3.8) is 0 Å². The van der Waals surface area contributed by atoms with Crippen molar-refractivity contribution in [2.45, 2.75) is 52.4 Å². The molecular formula is C21H25F2NO6. The second-order valence-electron chi connectivity index (χ2n) is 6.63. The van der Waals surface area contributed by atoms with Gasteiger partial charge in [-0.25, -0.2) is 18.4 Å². The molecule has 1 amide bonds. The Morgan fingerprint density at radius 2 is 1.97 bits per heavy atom. The topological polar surface area (TPSA) is 117 Å². The molecule has 30 heavy (non-hydrogen) atoms. The quantitative estimate of drug-likeness (QED) is 0.207. The number of carbonyl (C=O) groups excluding carboxylic acids is 1. The van der Waals surface area contributed by atoms with Gasteiger partial charge in [0, 0.05) is 25.1 Å². The highest BCUT2D eigenvalue weighted by Gasteiger charge is 2.20. The number of allylic oxidation sites excluding steroid dienone is 5. The van der Waals surface area contributed by atoms with Gasteiger partial charge in [-0.2, -0.15) is 0 Å². The highest BCUT2D eigenvalue weighted by Crippen LogP contribution is 2.20. The molecule has 1 aromatic heterocycles. The lowest BCUT2D eigenvalue weighted by Crippen LogP contribution is -2.16. The van der Waals surface area contributed by atoms with Crippen molar-refractivity contribution < 1.29 is 33.0 Å². The predicted octanol–water partition coefficient (Wildman–Crippen LogP) is 4.57. The van der Waals surface area contributed by atoms with Crippen molar-refractivity contribution >= 4 is 11.9 Å². The van der Waals surface area contributed by atoms with Crippen LogP contribution < -0.4 is 10.9 Å². The minimum absolute atomic E-state index is 0.151. The molecule has 0 aliphatic carbocycles. The maximum absolute atomic E-state index is 12.5. The lowest BCUT2D eigenvalue weighted by atomic mass is 10.0. The third-order valence-corrected chi connectivity index (χ3v) is 4.06. The molecule has 0 saturated heterocycles. The van der Waals surface area contributed by atoms with Crippen LogP contribution in [-0.4, -0.2) is 28.5 Å². The van der Waals surface area contributed by atoms with Gasteiger partial charge in [0.1, 0.15) is 17.1 Å². The maximum Gasteiger partial charge on any atom is 0.408 e. The van der Waals surface area contributed by atoms with Crippen LogP contribution in [0.4, 0.5) is 13.6 Å². The second kappa shape index (κ2) is 12.4. The van der Waals surface area contributed by atoms with Crippen molar-refractivity contribution in [3.8, 4) is 5.75 Å². The molecule has 0 spiro atoms. The van der Waals surface area contributed by atoms with Gasteiger partial charge in [0.15, 0.2) is 5.78 Å². The van der Waals surface area contributed by atoms with E-state index < -0.39 is 35.2 Å². The van der Waals surface area contributed by atoms with Crippen molar-refractivity contribution in [2.24, 2.45) is 0 Å². The Morgan fingerprint density at radius 3 is 2.57 bits per heavy atom. The third-order valence-electron chi connectivity index (χ3n) is 4.06. The van der Waals surface area contributed by atoms with E-state index in [1.165, 1.54) is 31.3 Å². The van der Waals surface area contributed by atoms with E-state index in [1.54, 1.807) is 13.0 Å². The molecule has 7 nitrogen and oxygen atoms in total. The summed E-state index contributed by atoms with van der Waals surface area (Å²) >= 11 is 0. The zero-order valence-corrected chi connectivity index (χ0v) is 16.8. The molecule has 1 rings (SSSR count). The standard InChI is InChI=1S/C21H25F2NO6/c1-13(8-10-17(22)23)7-9-14(2)19(26)18-16(25)12-15(30-20(18)27)6-4-3-5-11-24-21(28)29/h5,7,9,11-12,17,24-25H,3-4,6,8,10H2,1-2H3,(H,28,29)/b11-5+,13-7+,14-9+. The molecule has 3 N–H and O–H groups in total. The summed E-state index contributed by atoms with van der Waals surface area (Å²) in [6, 6.07) is 1.20. The number of nitrogens with one attached hydrogen (secondary N) is 1. The van der Waals surface area contributed by atoms with Crippen molar-refractivity contribution in [1.29, 1.82) is 0 Å². The molecule has 0 aliphatic rings. The molecule has 0 aliphatic heterocycles. The zero-order valence-electron chi connectivity index (χ0n) is 16.8. The number of aryl methyl sites for hydroxylation is 1. The van der Waals surface area contributed by atoms with E-state index in [2.05, 4.69) is 5.32 Å². The first kappa shape index (κ1) is 24.8. The number of halogens is 2. The average molecular weight is 425 g/mol. The number of Topliss-reactive ketones (excluding diaryl/α,β-unsaturated/α-hetero) is 1. The number of hydrogen-bond donors (Lipinski definition) is 3. The van der Waals surface area contributed by atoms with Gasteiger partial charge in [-0.1, -0.05) is 23.8 Å². The van der Waals surface area contributed by atoms with Crippen LogP contribution in [0.2, 0.25) is 0 Å². The molecule has 0 fully saturated rings. The van der Waals surface area contributed by atoms with Gasteiger partial charge in [-0.05, 0) is 38.7 Å². The van der Waals surface area contributed by atoms with E-state index in [1.807, 2.05) is 0 Å². The molecular weight excluding hydrogens is 400 g/mol. The Hall–Kier alpha value is -3.23. The Balaban J connectivity index is 2.80. The number of aromatic hydroxyl groups is 1. The summed E-state index contributed by atoms with van der Waals surface area (Å²) in [5.74, 6) is -1.02. The Bertz CT molecular complexity index is 899. The van der Waals surface area contributed by atoms with Crippen LogP contribution >= 0.6 is 0 Å². The summed E-state index contributed by atoms with van der Waals surface area (Å²) in [5.41, 5.74) is -0.652. The van der Waals surface area contributed by atoms with Crippen LogP contribution in [0, 0.1) is 0 Å². The fraction of sp³-hybridized carbons (Fsp3) is 0.381. The first-order valence-electron chi connectivity index (χ1n) is 9.29. The predicted molar refractivity (Wildman–Crippen MR) is 107 cm³/mol. The average Bonchev–Trinajstić information content (AvgIpc) is 2.66. The molecule has 0 bridgehead atoms. The Kier molecular flexibility index (Phi) is 10.2. The lowest BCUT2D eigenvalue weighted by Gasteiger charge is -2.05. The molecule has 1 heterocycles. The van der Waals surface area contributed by atoms with Crippen molar-refractivity contribution in [3.05, 3.63) is 63.4 Å². The molecule has 0 atom stereocenters. The SMILES string of the molecule is C/C(=C\C=C(/C)C(=O)c1c(O)cc(CCC/C=C/NC(=O)O)oc1=O)CCC(F)F. The van der Waals surface area contributed by atoms with Gasteiger partial charge >= 0.3 is 11.7 Å². The van der Waals surface area contributed by atoms with E-state index in [0.717, 1.165) is 0 Å². The number of carboxylic acid groups (broad SMARTS) is 1. The fourth-order valence-electron chi connectivity index (χ4n) is 2.43. The van der Waals surface area contributed by atoms with Gasteiger partial charge in [0.25, 0.3) is 0 Å². The van der Waals surface area contributed by atoms with Crippen LogP contribution in [0.1, 0.15) is 55.6 Å². The van der Waals surface area contributed by atoms with Gasteiger partial charge in [-0.15, -0.1) is 0 Å². The van der Waals surface area contributed by atoms with Crippen LogP contribution in [0.5, 0.6) is 5.75 Å². The summed E-state index contributed by atoms with van der Waals surface area (Å²) < 4.78 is 29.6. The minimum Gasteiger partial charge on any atom is -0.507 e. The number of ketones is 1. The number of amides is 1. The number of carbonyl (C=O) groups is 2. The summed E-state index contributed by atoms with van der Waals surface area (Å²) in [4.78, 5) is 34.9. The molecule has 164 valence electrons.